The standard InChI is InChI=1S/C14H21NO3/c1-3-10-7-11-12(8-10)14(18)15(13(11)17)6-4-5-9(2)16/h10-12H,3-8H2,1-2H3. The highest BCUT2D eigenvalue weighted by atomic mass is 16.2. The van der Waals surface area contributed by atoms with Crippen LogP contribution in [0.3, 0.4) is 0 Å². The number of rotatable bonds is 5. The van der Waals surface area contributed by atoms with Gasteiger partial charge in [0.25, 0.3) is 0 Å². The van der Waals surface area contributed by atoms with Crippen LogP contribution >= 0.6 is 0 Å². The Bertz CT molecular complexity index is 353. The van der Waals surface area contributed by atoms with Crippen LogP contribution < -0.4 is 0 Å². The zero-order valence-electron chi connectivity index (χ0n) is 11.1. The maximum absolute atomic E-state index is 12.2. The molecule has 0 spiro atoms. The van der Waals surface area contributed by atoms with Gasteiger partial charge in [-0.2, -0.15) is 0 Å². The summed E-state index contributed by atoms with van der Waals surface area (Å²) in [5.41, 5.74) is 0. The third kappa shape index (κ3) is 2.33. The van der Waals surface area contributed by atoms with E-state index in [-0.39, 0.29) is 29.4 Å². The van der Waals surface area contributed by atoms with Crippen molar-refractivity contribution in [3.8, 4) is 0 Å². The third-order valence-electron chi connectivity index (χ3n) is 4.31. The molecule has 2 fully saturated rings. The monoisotopic (exact) mass is 251 g/mol. The smallest absolute Gasteiger partial charge is 0.233 e. The first-order chi connectivity index (χ1) is 8.54. The van der Waals surface area contributed by atoms with E-state index >= 15 is 0 Å². The van der Waals surface area contributed by atoms with E-state index in [1.807, 2.05) is 0 Å². The summed E-state index contributed by atoms with van der Waals surface area (Å²) in [6.45, 7) is 4.07. The summed E-state index contributed by atoms with van der Waals surface area (Å²) >= 11 is 0. The maximum atomic E-state index is 12.2. The Hall–Kier alpha value is -1.19. The fourth-order valence-corrected chi connectivity index (χ4v) is 3.24. The lowest BCUT2D eigenvalue weighted by Crippen LogP contribution is -2.33. The minimum Gasteiger partial charge on any atom is -0.300 e. The number of hydrogen-bond donors (Lipinski definition) is 0. The molecule has 4 heteroatoms. The van der Waals surface area contributed by atoms with Crippen molar-refractivity contribution in [2.24, 2.45) is 17.8 Å². The van der Waals surface area contributed by atoms with Gasteiger partial charge in [0.05, 0.1) is 11.8 Å². The van der Waals surface area contributed by atoms with Crippen molar-refractivity contribution < 1.29 is 14.4 Å². The van der Waals surface area contributed by atoms with Gasteiger partial charge in [-0.1, -0.05) is 13.3 Å². The predicted molar refractivity (Wildman–Crippen MR) is 66.6 cm³/mol. The van der Waals surface area contributed by atoms with Crippen molar-refractivity contribution in [3.63, 3.8) is 0 Å². The van der Waals surface area contributed by atoms with Gasteiger partial charge in [0.2, 0.25) is 11.8 Å². The van der Waals surface area contributed by atoms with Crippen molar-refractivity contribution in [1.82, 2.24) is 4.90 Å². The summed E-state index contributed by atoms with van der Waals surface area (Å²) in [4.78, 5) is 36.6. The molecule has 2 atom stereocenters. The molecule has 2 aliphatic rings. The van der Waals surface area contributed by atoms with E-state index < -0.39 is 0 Å². The quantitative estimate of drug-likeness (QED) is 0.700. The molecule has 1 heterocycles. The molecule has 2 unspecified atom stereocenters. The molecule has 0 N–H and O–H groups in total. The number of carbonyl (C=O) groups is 3. The number of nitrogens with zero attached hydrogens (tertiary/aromatic N) is 1. The Balaban J connectivity index is 1.94. The number of fused-ring (bicyclic) bond motifs is 1. The molecule has 0 bridgehead atoms. The average molecular weight is 251 g/mol. The Morgan fingerprint density at radius 1 is 1.22 bits per heavy atom. The van der Waals surface area contributed by atoms with E-state index in [4.69, 9.17) is 0 Å². The number of carbonyl (C=O) groups excluding carboxylic acids is 3. The molecule has 2 rings (SSSR count). The topological polar surface area (TPSA) is 54.5 Å². The molecule has 1 aliphatic carbocycles. The van der Waals surface area contributed by atoms with E-state index in [0.717, 1.165) is 19.3 Å². The molecule has 1 saturated heterocycles. The number of likely N-dealkylation sites (tertiary alicyclic amines) is 1. The molecule has 0 radical (unpaired) electrons. The molecule has 1 saturated carbocycles. The molecular weight excluding hydrogens is 230 g/mol. The second-order valence-electron chi connectivity index (χ2n) is 5.59. The molecule has 18 heavy (non-hydrogen) atoms. The summed E-state index contributed by atoms with van der Waals surface area (Å²) in [5, 5.41) is 0. The minimum atomic E-state index is -0.0696. The van der Waals surface area contributed by atoms with E-state index in [1.54, 1.807) is 0 Å². The Labute approximate surface area is 108 Å². The first-order valence-electron chi connectivity index (χ1n) is 6.89. The molecule has 1 aliphatic heterocycles. The zero-order chi connectivity index (χ0) is 13.3. The van der Waals surface area contributed by atoms with Gasteiger partial charge in [-0.05, 0) is 32.1 Å². The lowest BCUT2D eigenvalue weighted by atomic mass is 10.00. The summed E-state index contributed by atoms with van der Waals surface area (Å²) in [6, 6.07) is 0. The van der Waals surface area contributed by atoms with Gasteiger partial charge in [0.15, 0.2) is 0 Å². The number of imide groups is 1. The lowest BCUT2D eigenvalue weighted by Gasteiger charge is -2.17. The summed E-state index contributed by atoms with van der Waals surface area (Å²) in [6.07, 6.45) is 3.84. The zero-order valence-corrected chi connectivity index (χ0v) is 11.1. The summed E-state index contributed by atoms with van der Waals surface area (Å²) in [7, 11) is 0. The summed E-state index contributed by atoms with van der Waals surface area (Å²) < 4.78 is 0. The van der Waals surface area contributed by atoms with Crippen molar-refractivity contribution in [3.05, 3.63) is 0 Å². The molecule has 0 aromatic carbocycles. The van der Waals surface area contributed by atoms with Crippen LogP contribution in [0.2, 0.25) is 0 Å². The third-order valence-corrected chi connectivity index (χ3v) is 4.31. The van der Waals surface area contributed by atoms with Crippen LogP contribution in [-0.2, 0) is 14.4 Å². The van der Waals surface area contributed by atoms with E-state index in [0.29, 0.717) is 25.3 Å². The number of amides is 2. The van der Waals surface area contributed by atoms with Crippen molar-refractivity contribution in [2.45, 2.75) is 46.0 Å². The second kappa shape index (κ2) is 5.21. The first-order valence-corrected chi connectivity index (χ1v) is 6.89. The maximum Gasteiger partial charge on any atom is 0.233 e. The molecule has 2 amide bonds. The van der Waals surface area contributed by atoms with Gasteiger partial charge in [-0.3, -0.25) is 14.5 Å². The SMILES string of the molecule is CCC1CC2C(=O)N(CCCC(C)=O)C(=O)C2C1. The highest BCUT2D eigenvalue weighted by Gasteiger charge is 2.51. The fraction of sp³-hybridized carbons (Fsp3) is 0.786. The second-order valence-corrected chi connectivity index (χ2v) is 5.59. The van der Waals surface area contributed by atoms with Gasteiger partial charge >= 0.3 is 0 Å². The minimum absolute atomic E-state index is 0.00417. The van der Waals surface area contributed by atoms with E-state index in [1.165, 1.54) is 11.8 Å². The highest BCUT2D eigenvalue weighted by molar-refractivity contribution is 6.05. The van der Waals surface area contributed by atoms with Crippen LogP contribution in [0.15, 0.2) is 0 Å². The average Bonchev–Trinajstić information content (AvgIpc) is 2.84. The van der Waals surface area contributed by atoms with Crippen LogP contribution in [0.5, 0.6) is 0 Å². The van der Waals surface area contributed by atoms with Gasteiger partial charge < -0.3 is 4.79 Å². The van der Waals surface area contributed by atoms with Crippen molar-refractivity contribution in [1.29, 1.82) is 0 Å². The number of hydrogen-bond acceptors (Lipinski definition) is 3. The normalized spacial score (nSPS) is 31.0. The van der Waals surface area contributed by atoms with Crippen LogP contribution in [-0.4, -0.2) is 29.0 Å². The Morgan fingerprint density at radius 3 is 2.22 bits per heavy atom. The molecule has 100 valence electrons. The largest absolute Gasteiger partial charge is 0.300 e. The summed E-state index contributed by atoms with van der Waals surface area (Å²) in [5.74, 6) is 0.515. The first kappa shape index (κ1) is 13.2. The van der Waals surface area contributed by atoms with Gasteiger partial charge in [-0.15, -0.1) is 0 Å². The molecular formula is C14H21NO3. The molecule has 0 aromatic heterocycles. The molecule has 0 aromatic rings. The van der Waals surface area contributed by atoms with Crippen LogP contribution in [0.1, 0.15) is 46.0 Å². The van der Waals surface area contributed by atoms with Gasteiger partial charge in [-0.25, -0.2) is 0 Å². The van der Waals surface area contributed by atoms with E-state index in [9.17, 15) is 14.4 Å². The van der Waals surface area contributed by atoms with E-state index in [2.05, 4.69) is 6.92 Å². The highest BCUT2D eigenvalue weighted by Crippen LogP contribution is 2.44. The van der Waals surface area contributed by atoms with Gasteiger partial charge in [0, 0.05) is 13.0 Å². The lowest BCUT2D eigenvalue weighted by molar-refractivity contribution is -0.140. The number of Topliss-reactive ketones (excluding diaryl/α,β-unsaturated/α-hetero) is 1. The fourth-order valence-electron chi connectivity index (χ4n) is 3.24. The molecule has 4 nitrogen and oxygen atoms in total. The Morgan fingerprint density at radius 2 is 1.78 bits per heavy atom. The van der Waals surface area contributed by atoms with Crippen molar-refractivity contribution in [2.75, 3.05) is 6.54 Å². The van der Waals surface area contributed by atoms with Crippen molar-refractivity contribution >= 4 is 17.6 Å². The predicted octanol–water partition coefficient (Wildman–Crippen LogP) is 1.78. The van der Waals surface area contributed by atoms with Crippen LogP contribution in [0.4, 0.5) is 0 Å². The van der Waals surface area contributed by atoms with Crippen LogP contribution in [0.25, 0.3) is 0 Å². The number of ketones is 1. The Kier molecular flexibility index (Phi) is 3.83. The van der Waals surface area contributed by atoms with Gasteiger partial charge in [0.1, 0.15) is 5.78 Å². The van der Waals surface area contributed by atoms with Crippen LogP contribution in [0, 0.1) is 17.8 Å².